The van der Waals surface area contributed by atoms with Crippen molar-refractivity contribution < 1.29 is 18.9 Å². The second-order valence-electron chi connectivity index (χ2n) is 8.62. The molecule has 2 heterocycles. The van der Waals surface area contributed by atoms with Gasteiger partial charge in [0.2, 0.25) is 5.91 Å². The van der Waals surface area contributed by atoms with Crippen LogP contribution in [0.3, 0.4) is 0 Å². The molecule has 2 aromatic carbocycles. The summed E-state index contributed by atoms with van der Waals surface area (Å²) in [5.74, 6) is -1.17. The molecule has 2 amide bonds. The second kappa shape index (κ2) is 10.1. The molecule has 0 saturated carbocycles. The molecule has 8 nitrogen and oxygen atoms in total. The van der Waals surface area contributed by atoms with Crippen molar-refractivity contribution >= 4 is 17.5 Å². The van der Waals surface area contributed by atoms with Gasteiger partial charge >= 0.3 is 0 Å². The van der Waals surface area contributed by atoms with E-state index >= 15 is 0 Å². The summed E-state index contributed by atoms with van der Waals surface area (Å²) in [5.41, 5.74) is 1.66. The maximum Gasteiger partial charge on any atom is 0.273 e. The van der Waals surface area contributed by atoms with Crippen LogP contribution in [0.25, 0.3) is 0 Å². The number of benzene rings is 2. The van der Waals surface area contributed by atoms with Crippen LogP contribution in [0, 0.1) is 22.9 Å². The smallest absolute Gasteiger partial charge is 0.273 e. The van der Waals surface area contributed by atoms with Crippen molar-refractivity contribution in [2.75, 3.05) is 19.6 Å². The summed E-state index contributed by atoms with van der Waals surface area (Å²) in [7, 11) is 0. The highest BCUT2D eigenvalue weighted by Crippen LogP contribution is 2.34. The minimum Gasteiger partial charge on any atom is -0.348 e. The molecule has 0 aliphatic carbocycles. The number of hydrogen-bond donors (Lipinski definition) is 0. The molecular weight excluding hydrogens is 451 g/mol. The molecule has 4 rings (SSSR count). The molecule has 35 heavy (non-hydrogen) atoms. The SMILES string of the molecule is CCCN(CC(=O)N1CCn2cccc2[C@H]1c1ccccc1F)C(=O)c1ccc(C)c([N+](=O)[O-])c1. The zero-order chi connectivity index (χ0) is 25.1. The van der Waals surface area contributed by atoms with E-state index in [1.165, 1.54) is 29.2 Å². The van der Waals surface area contributed by atoms with Crippen molar-refractivity contribution in [1.29, 1.82) is 0 Å². The van der Waals surface area contributed by atoms with Crippen LogP contribution in [0.2, 0.25) is 0 Å². The Balaban J connectivity index is 1.63. The van der Waals surface area contributed by atoms with Gasteiger partial charge in [-0.25, -0.2) is 4.39 Å². The molecule has 182 valence electrons. The molecule has 1 atom stereocenters. The number of halogens is 1. The molecule has 0 N–H and O–H groups in total. The summed E-state index contributed by atoms with van der Waals surface area (Å²) in [4.78, 5) is 40.7. The number of fused-ring (bicyclic) bond motifs is 1. The van der Waals surface area contributed by atoms with E-state index in [9.17, 15) is 24.1 Å². The lowest BCUT2D eigenvalue weighted by molar-refractivity contribution is -0.385. The number of amides is 2. The normalized spacial score (nSPS) is 14.9. The van der Waals surface area contributed by atoms with E-state index < -0.39 is 22.7 Å². The molecule has 0 radical (unpaired) electrons. The highest BCUT2D eigenvalue weighted by molar-refractivity contribution is 5.97. The second-order valence-corrected chi connectivity index (χ2v) is 8.62. The fourth-order valence-electron chi connectivity index (χ4n) is 4.57. The van der Waals surface area contributed by atoms with Crippen molar-refractivity contribution in [2.24, 2.45) is 0 Å². The number of aryl methyl sites for hydroxylation is 1. The number of hydrogen-bond acceptors (Lipinski definition) is 4. The van der Waals surface area contributed by atoms with Crippen LogP contribution < -0.4 is 0 Å². The third kappa shape index (κ3) is 4.80. The van der Waals surface area contributed by atoms with E-state index in [4.69, 9.17) is 0 Å². The Morgan fingerprint density at radius 1 is 1.14 bits per heavy atom. The van der Waals surface area contributed by atoms with E-state index in [2.05, 4.69) is 0 Å². The molecule has 1 aromatic heterocycles. The Bertz CT molecular complexity index is 1270. The predicted octanol–water partition coefficient (Wildman–Crippen LogP) is 4.33. The average Bonchev–Trinajstić information content (AvgIpc) is 3.32. The van der Waals surface area contributed by atoms with Crippen molar-refractivity contribution in [1.82, 2.24) is 14.4 Å². The van der Waals surface area contributed by atoms with Crippen LogP contribution in [-0.4, -0.2) is 50.7 Å². The van der Waals surface area contributed by atoms with Gasteiger partial charge in [0.25, 0.3) is 11.6 Å². The summed E-state index contributed by atoms with van der Waals surface area (Å²) in [5, 5.41) is 11.3. The number of aromatic nitrogens is 1. The van der Waals surface area contributed by atoms with Gasteiger partial charge in [-0.15, -0.1) is 0 Å². The standard InChI is InChI=1S/C26H27FN4O4/c1-3-12-29(26(33)19-11-10-18(2)23(16-19)31(34)35)17-24(32)30-15-14-28-13-6-9-22(28)25(30)20-7-4-5-8-21(20)27/h4-11,13,16,25H,3,12,14-15,17H2,1-2H3/t25-/m1/s1. The van der Waals surface area contributed by atoms with Crippen LogP contribution in [0.5, 0.6) is 0 Å². The van der Waals surface area contributed by atoms with Gasteiger partial charge < -0.3 is 14.4 Å². The van der Waals surface area contributed by atoms with Crippen molar-refractivity contribution in [3.8, 4) is 0 Å². The van der Waals surface area contributed by atoms with Gasteiger partial charge in [0.15, 0.2) is 0 Å². The van der Waals surface area contributed by atoms with Crippen molar-refractivity contribution in [3.63, 3.8) is 0 Å². The van der Waals surface area contributed by atoms with Gasteiger partial charge in [-0.2, -0.15) is 0 Å². The Morgan fingerprint density at radius 3 is 2.63 bits per heavy atom. The Labute approximate surface area is 202 Å². The molecule has 0 bridgehead atoms. The number of carbonyl (C=O) groups is 2. The average molecular weight is 479 g/mol. The highest BCUT2D eigenvalue weighted by atomic mass is 19.1. The quantitative estimate of drug-likeness (QED) is 0.374. The van der Waals surface area contributed by atoms with E-state index in [-0.39, 0.29) is 23.7 Å². The largest absolute Gasteiger partial charge is 0.348 e. The Hall–Kier alpha value is -4.01. The summed E-state index contributed by atoms with van der Waals surface area (Å²) >= 11 is 0. The lowest BCUT2D eigenvalue weighted by Crippen LogP contribution is -2.48. The molecular formula is C26H27FN4O4. The summed E-state index contributed by atoms with van der Waals surface area (Å²) in [6.07, 6.45) is 2.51. The first-order valence-electron chi connectivity index (χ1n) is 11.5. The molecule has 1 aliphatic rings. The van der Waals surface area contributed by atoms with E-state index in [1.54, 1.807) is 30.0 Å². The first-order chi connectivity index (χ1) is 16.8. The maximum atomic E-state index is 14.8. The van der Waals surface area contributed by atoms with E-state index in [1.807, 2.05) is 29.8 Å². The lowest BCUT2D eigenvalue weighted by Gasteiger charge is -2.38. The molecule has 3 aromatic rings. The molecule has 0 unspecified atom stereocenters. The highest BCUT2D eigenvalue weighted by Gasteiger charge is 2.35. The zero-order valence-corrected chi connectivity index (χ0v) is 19.7. The van der Waals surface area contributed by atoms with Gasteiger partial charge in [0.05, 0.1) is 4.92 Å². The molecule has 0 spiro atoms. The van der Waals surface area contributed by atoms with Crippen molar-refractivity contribution in [2.45, 2.75) is 32.9 Å². The number of nitro benzene ring substituents is 1. The number of carbonyl (C=O) groups excluding carboxylic acids is 2. The molecule has 1 aliphatic heterocycles. The van der Waals surface area contributed by atoms with Crippen molar-refractivity contribution in [3.05, 3.63) is 99.1 Å². The third-order valence-corrected chi connectivity index (χ3v) is 6.32. The van der Waals surface area contributed by atoms with Crippen LogP contribution >= 0.6 is 0 Å². The van der Waals surface area contributed by atoms with E-state index in [0.29, 0.717) is 37.2 Å². The van der Waals surface area contributed by atoms with Gasteiger partial charge in [-0.05, 0) is 37.6 Å². The van der Waals surface area contributed by atoms with Crippen LogP contribution in [0.4, 0.5) is 10.1 Å². The molecule has 0 fully saturated rings. The van der Waals surface area contributed by atoms with Gasteiger partial charge in [0, 0.05) is 54.3 Å². The van der Waals surface area contributed by atoms with Gasteiger partial charge in [-0.3, -0.25) is 19.7 Å². The lowest BCUT2D eigenvalue weighted by atomic mass is 9.99. The zero-order valence-electron chi connectivity index (χ0n) is 19.7. The Kier molecular flexibility index (Phi) is 6.95. The summed E-state index contributed by atoms with van der Waals surface area (Å²) in [6.45, 7) is 4.52. The Morgan fingerprint density at radius 2 is 1.91 bits per heavy atom. The third-order valence-electron chi connectivity index (χ3n) is 6.32. The summed E-state index contributed by atoms with van der Waals surface area (Å²) in [6, 6.07) is 13.8. The molecule has 0 saturated heterocycles. The maximum absolute atomic E-state index is 14.8. The number of nitrogens with zero attached hydrogens (tertiary/aromatic N) is 4. The number of rotatable bonds is 7. The van der Waals surface area contributed by atoms with Crippen LogP contribution in [0.15, 0.2) is 60.8 Å². The van der Waals surface area contributed by atoms with Gasteiger partial charge in [-0.1, -0.05) is 31.2 Å². The first-order valence-corrected chi connectivity index (χ1v) is 11.5. The fraction of sp³-hybridized carbons (Fsp3) is 0.308. The summed E-state index contributed by atoms with van der Waals surface area (Å²) < 4.78 is 16.8. The van der Waals surface area contributed by atoms with Crippen LogP contribution in [-0.2, 0) is 11.3 Å². The van der Waals surface area contributed by atoms with E-state index in [0.717, 1.165) is 5.69 Å². The minimum atomic E-state index is -0.619. The molecule has 9 heteroatoms. The fourth-order valence-corrected chi connectivity index (χ4v) is 4.57. The monoisotopic (exact) mass is 478 g/mol. The minimum absolute atomic E-state index is 0.143. The van der Waals surface area contributed by atoms with Crippen LogP contribution in [0.1, 0.15) is 46.6 Å². The predicted molar refractivity (Wildman–Crippen MR) is 128 cm³/mol. The topological polar surface area (TPSA) is 88.7 Å². The van der Waals surface area contributed by atoms with Gasteiger partial charge in [0.1, 0.15) is 18.4 Å². The first kappa shape index (κ1) is 24.1. The number of nitro groups is 1.